The van der Waals surface area contributed by atoms with Crippen LogP contribution in [-0.4, -0.2) is 48.8 Å². The van der Waals surface area contributed by atoms with E-state index < -0.39 is 9.84 Å². The molecule has 2 heterocycles. The van der Waals surface area contributed by atoms with Crippen LogP contribution in [0.15, 0.2) is 29.6 Å². The maximum absolute atomic E-state index is 12.5. The summed E-state index contributed by atoms with van der Waals surface area (Å²) in [7, 11) is -1.39. The number of hydrogen-bond donors (Lipinski definition) is 0. The predicted octanol–water partition coefficient (Wildman–Crippen LogP) is 2.29. The molecular weight excluding hydrogens is 360 g/mol. The molecule has 6 nitrogen and oxygen atoms in total. The Bertz CT molecular complexity index is 859. The monoisotopic (exact) mass is 380 g/mol. The largest absolute Gasteiger partial charge is 0.486 e. The number of amides is 1. The highest BCUT2D eigenvalue weighted by molar-refractivity contribution is 7.91. The van der Waals surface area contributed by atoms with Crippen molar-refractivity contribution in [2.45, 2.75) is 26.0 Å². The first-order valence-electron chi connectivity index (χ1n) is 7.95. The average molecular weight is 380 g/mol. The summed E-state index contributed by atoms with van der Waals surface area (Å²) >= 11 is 1.36. The molecule has 0 bridgehead atoms. The third-order valence-corrected chi connectivity index (χ3v) is 6.80. The third kappa shape index (κ3) is 4.38. The Labute approximate surface area is 151 Å². The number of aromatic nitrogens is 1. The lowest BCUT2D eigenvalue weighted by Gasteiger charge is -2.22. The topological polar surface area (TPSA) is 76.6 Å². The van der Waals surface area contributed by atoms with E-state index in [-0.39, 0.29) is 23.5 Å². The maximum Gasteiger partial charge on any atom is 0.273 e. The van der Waals surface area contributed by atoms with E-state index in [0.717, 1.165) is 11.3 Å². The van der Waals surface area contributed by atoms with Gasteiger partial charge < -0.3 is 9.64 Å². The van der Waals surface area contributed by atoms with E-state index in [1.807, 2.05) is 31.2 Å². The quantitative estimate of drug-likeness (QED) is 0.795. The normalized spacial score (nSPS) is 18.9. The van der Waals surface area contributed by atoms with Gasteiger partial charge in [-0.05, 0) is 25.5 Å². The first kappa shape index (κ1) is 17.9. The second kappa shape index (κ2) is 7.13. The number of carbonyl (C=O) groups excluding carboxylic acids is 1. The molecule has 1 saturated heterocycles. The minimum atomic E-state index is -3.03. The summed E-state index contributed by atoms with van der Waals surface area (Å²) in [5.41, 5.74) is 1.49. The van der Waals surface area contributed by atoms with E-state index >= 15 is 0 Å². The van der Waals surface area contributed by atoms with E-state index in [1.54, 1.807) is 12.4 Å². The number of nitrogens with zero attached hydrogens (tertiary/aromatic N) is 2. The molecular formula is C17H20N2O4S2. The minimum Gasteiger partial charge on any atom is -0.486 e. The fraction of sp³-hybridized carbons (Fsp3) is 0.412. The number of ether oxygens (including phenoxy) is 1. The van der Waals surface area contributed by atoms with E-state index in [2.05, 4.69) is 4.98 Å². The number of hydrogen-bond acceptors (Lipinski definition) is 6. The standard InChI is InChI=1S/C17H20N2O4S2/c1-12-3-5-14(6-4-12)23-9-16-18-15(10-24-16)17(20)19(2)13-7-8-25(21,22)11-13/h3-6,10,13H,7-9,11H2,1-2H3/t13-/m1/s1. The Morgan fingerprint density at radius 3 is 2.72 bits per heavy atom. The Morgan fingerprint density at radius 1 is 1.36 bits per heavy atom. The predicted molar refractivity (Wildman–Crippen MR) is 96.8 cm³/mol. The van der Waals surface area contributed by atoms with Crippen LogP contribution in [0.5, 0.6) is 5.75 Å². The van der Waals surface area contributed by atoms with Crippen molar-refractivity contribution in [2.75, 3.05) is 18.6 Å². The fourth-order valence-electron chi connectivity index (χ4n) is 2.68. The van der Waals surface area contributed by atoms with Gasteiger partial charge in [-0.15, -0.1) is 11.3 Å². The Morgan fingerprint density at radius 2 is 2.08 bits per heavy atom. The molecule has 1 aliphatic heterocycles. The number of benzene rings is 1. The minimum absolute atomic E-state index is 0.0305. The number of rotatable bonds is 5. The molecule has 1 aliphatic rings. The zero-order valence-electron chi connectivity index (χ0n) is 14.1. The van der Waals surface area contributed by atoms with Gasteiger partial charge in [-0.3, -0.25) is 4.79 Å². The molecule has 25 heavy (non-hydrogen) atoms. The van der Waals surface area contributed by atoms with Gasteiger partial charge in [0.05, 0.1) is 11.5 Å². The molecule has 1 atom stereocenters. The molecule has 1 aromatic carbocycles. The first-order chi connectivity index (χ1) is 11.8. The lowest BCUT2D eigenvalue weighted by Crippen LogP contribution is -2.38. The highest BCUT2D eigenvalue weighted by Gasteiger charge is 2.33. The van der Waals surface area contributed by atoms with Crippen LogP contribution in [-0.2, 0) is 16.4 Å². The van der Waals surface area contributed by atoms with Gasteiger partial charge >= 0.3 is 0 Å². The Hall–Kier alpha value is -1.93. The molecule has 8 heteroatoms. The molecule has 134 valence electrons. The lowest BCUT2D eigenvalue weighted by atomic mass is 10.2. The van der Waals surface area contributed by atoms with Crippen LogP contribution in [0.1, 0.15) is 27.5 Å². The smallest absolute Gasteiger partial charge is 0.273 e. The van der Waals surface area contributed by atoms with E-state index in [0.29, 0.717) is 23.7 Å². The van der Waals surface area contributed by atoms with Crippen molar-refractivity contribution < 1.29 is 17.9 Å². The van der Waals surface area contributed by atoms with Gasteiger partial charge in [-0.2, -0.15) is 0 Å². The molecule has 1 amide bonds. The number of sulfone groups is 1. The highest BCUT2D eigenvalue weighted by Crippen LogP contribution is 2.20. The molecule has 2 aromatic rings. The van der Waals surface area contributed by atoms with Crippen molar-refractivity contribution in [1.82, 2.24) is 9.88 Å². The second-order valence-corrected chi connectivity index (χ2v) is 9.37. The third-order valence-electron chi connectivity index (χ3n) is 4.23. The van der Waals surface area contributed by atoms with E-state index in [9.17, 15) is 13.2 Å². The van der Waals surface area contributed by atoms with Crippen LogP contribution >= 0.6 is 11.3 Å². The SMILES string of the molecule is Cc1ccc(OCc2nc(C(=O)N(C)[C@@H]3CCS(=O)(=O)C3)cs2)cc1. The molecule has 0 unspecified atom stereocenters. The van der Waals surface area contributed by atoms with Crippen LogP contribution in [0.25, 0.3) is 0 Å². The van der Waals surface area contributed by atoms with Crippen molar-refractivity contribution >= 4 is 27.1 Å². The van der Waals surface area contributed by atoms with Crippen LogP contribution in [0.2, 0.25) is 0 Å². The summed E-state index contributed by atoms with van der Waals surface area (Å²) < 4.78 is 28.8. The summed E-state index contributed by atoms with van der Waals surface area (Å²) in [6, 6.07) is 7.45. The first-order valence-corrected chi connectivity index (χ1v) is 10.7. The van der Waals surface area contributed by atoms with Gasteiger partial charge in [0.25, 0.3) is 5.91 Å². The number of thiazole rings is 1. The van der Waals surface area contributed by atoms with Crippen LogP contribution < -0.4 is 4.74 Å². The summed E-state index contributed by atoms with van der Waals surface area (Å²) in [6.45, 7) is 2.30. The molecule has 0 saturated carbocycles. The summed E-state index contributed by atoms with van der Waals surface area (Å²) in [4.78, 5) is 18.3. The van der Waals surface area contributed by atoms with Crippen LogP contribution in [0, 0.1) is 6.92 Å². The number of carbonyl (C=O) groups is 1. The van der Waals surface area contributed by atoms with Crippen LogP contribution in [0.4, 0.5) is 0 Å². The molecule has 1 aromatic heterocycles. The Kier molecular flexibility index (Phi) is 5.10. The summed E-state index contributed by atoms with van der Waals surface area (Å²) in [6.07, 6.45) is 0.484. The van der Waals surface area contributed by atoms with Gasteiger partial charge in [0.15, 0.2) is 9.84 Å². The molecule has 3 rings (SSSR count). The molecule has 1 fully saturated rings. The molecule has 0 aliphatic carbocycles. The van der Waals surface area contributed by atoms with Gasteiger partial charge in [0.2, 0.25) is 0 Å². The zero-order chi connectivity index (χ0) is 18.0. The summed E-state index contributed by atoms with van der Waals surface area (Å²) in [5, 5.41) is 2.40. The molecule has 0 radical (unpaired) electrons. The van der Waals surface area contributed by atoms with E-state index in [4.69, 9.17) is 4.74 Å². The fourth-order valence-corrected chi connectivity index (χ4v) is 5.14. The van der Waals surface area contributed by atoms with E-state index in [1.165, 1.54) is 16.2 Å². The highest BCUT2D eigenvalue weighted by atomic mass is 32.2. The van der Waals surface area contributed by atoms with Gasteiger partial charge in [0, 0.05) is 18.5 Å². The zero-order valence-corrected chi connectivity index (χ0v) is 15.8. The van der Waals surface area contributed by atoms with Crippen molar-refractivity contribution in [3.63, 3.8) is 0 Å². The van der Waals surface area contributed by atoms with Gasteiger partial charge in [-0.1, -0.05) is 17.7 Å². The summed E-state index contributed by atoms with van der Waals surface area (Å²) in [5.74, 6) is 0.673. The van der Waals surface area contributed by atoms with Gasteiger partial charge in [-0.25, -0.2) is 13.4 Å². The average Bonchev–Trinajstić information content (AvgIpc) is 3.19. The van der Waals surface area contributed by atoms with Crippen LogP contribution in [0.3, 0.4) is 0 Å². The molecule has 0 spiro atoms. The maximum atomic E-state index is 12.5. The number of aryl methyl sites for hydroxylation is 1. The van der Waals surface area contributed by atoms with Crippen molar-refractivity contribution in [2.24, 2.45) is 0 Å². The van der Waals surface area contributed by atoms with Crippen molar-refractivity contribution in [3.05, 3.63) is 45.9 Å². The lowest BCUT2D eigenvalue weighted by molar-refractivity contribution is 0.0742. The van der Waals surface area contributed by atoms with Crippen molar-refractivity contribution in [3.8, 4) is 5.75 Å². The van der Waals surface area contributed by atoms with Gasteiger partial charge in [0.1, 0.15) is 23.1 Å². The second-order valence-electron chi connectivity index (χ2n) is 6.20. The Balaban J connectivity index is 1.60. The van der Waals surface area contributed by atoms with Crippen molar-refractivity contribution in [1.29, 1.82) is 0 Å². The molecule has 0 N–H and O–H groups in total.